The molecule has 3 aliphatic rings. The molecule has 2 amide bonds. The van der Waals surface area contributed by atoms with Gasteiger partial charge in [-0.15, -0.1) is 0 Å². The van der Waals surface area contributed by atoms with Crippen LogP contribution in [0.2, 0.25) is 10.0 Å². The molecule has 1 aliphatic carbocycles. The first kappa shape index (κ1) is 24.6. The molecule has 2 heterocycles. The summed E-state index contributed by atoms with van der Waals surface area (Å²) in [5.41, 5.74) is 2.12. The average Bonchev–Trinajstić information content (AvgIpc) is 3.39. The molecule has 186 valence electrons. The third kappa shape index (κ3) is 5.08. The summed E-state index contributed by atoms with van der Waals surface area (Å²) in [6.07, 6.45) is 4.02. The van der Waals surface area contributed by atoms with Gasteiger partial charge in [0.2, 0.25) is 5.91 Å². The molecule has 5 rings (SSSR count). The van der Waals surface area contributed by atoms with E-state index in [-0.39, 0.29) is 17.9 Å². The van der Waals surface area contributed by atoms with Crippen LogP contribution in [0.1, 0.15) is 59.1 Å². The summed E-state index contributed by atoms with van der Waals surface area (Å²) in [5.74, 6) is -0.675. The Labute approximate surface area is 216 Å². The van der Waals surface area contributed by atoms with Gasteiger partial charge in [-0.2, -0.15) is 0 Å². The average molecular weight is 516 g/mol. The topological polar surface area (TPSA) is 61.9 Å². The fourth-order valence-electron chi connectivity index (χ4n) is 5.76. The predicted molar refractivity (Wildman–Crippen MR) is 137 cm³/mol. The summed E-state index contributed by atoms with van der Waals surface area (Å²) in [5, 5.41) is 4.17. The Kier molecular flexibility index (Phi) is 7.63. The normalized spacial score (nSPS) is 23.4. The van der Waals surface area contributed by atoms with Crippen molar-refractivity contribution in [1.29, 1.82) is 0 Å². The van der Waals surface area contributed by atoms with E-state index in [0.717, 1.165) is 69.7 Å². The van der Waals surface area contributed by atoms with E-state index >= 15 is 0 Å². The number of benzene rings is 2. The Morgan fingerprint density at radius 1 is 1.03 bits per heavy atom. The van der Waals surface area contributed by atoms with Gasteiger partial charge in [-0.3, -0.25) is 14.5 Å². The first-order valence-electron chi connectivity index (χ1n) is 12.5. The molecule has 2 atom stereocenters. The SMILES string of the molecule is O=C(NCCN1CCOCC1)[C@@H]1c2ccccc2C(=O)N(C2CCCC2)[C@H]1c1ccc(Cl)cc1Cl. The molecule has 8 heteroatoms. The van der Waals surface area contributed by atoms with Crippen molar-refractivity contribution in [3.8, 4) is 0 Å². The molecule has 35 heavy (non-hydrogen) atoms. The number of hydrogen-bond donors (Lipinski definition) is 1. The number of morpholine rings is 1. The summed E-state index contributed by atoms with van der Waals surface area (Å²) >= 11 is 12.9. The van der Waals surface area contributed by atoms with Crippen LogP contribution in [-0.2, 0) is 9.53 Å². The molecule has 1 N–H and O–H groups in total. The number of halogens is 2. The number of nitrogens with one attached hydrogen (secondary N) is 1. The fraction of sp³-hybridized carbons (Fsp3) is 0.481. The molecule has 1 saturated carbocycles. The molecule has 0 unspecified atom stereocenters. The molecule has 2 aromatic carbocycles. The van der Waals surface area contributed by atoms with E-state index in [4.69, 9.17) is 27.9 Å². The second kappa shape index (κ2) is 10.9. The van der Waals surface area contributed by atoms with E-state index in [2.05, 4.69) is 10.2 Å². The van der Waals surface area contributed by atoms with Crippen molar-refractivity contribution in [2.24, 2.45) is 0 Å². The summed E-state index contributed by atoms with van der Waals surface area (Å²) in [4.78, 5) is 32.0. The molecule has 6 nitrogen and oxygen atoms in total. The van der Waals surface area contributed by atoms with Crippen LogP contribution >= 0.6 is 23.2 Å². The Morgan fingerprint density at radius 2 is 1.77 bits per heavy atom. The third-order valence-corrected chi connectivity index (χ3v) is 8.05. The highest BCUT2D eigenvalue weighted by Crippen LogP contribution is 2.47. The van der Waals surface area contributed by atoms with E-state index in [1.54, 1.807) is 12.1 Å². The molecular weight excluding hydrogens is 485 g/mol. The Balaban J connectivity index is 1.51. The highest BCUT2D eigenvalue weighted by molar-refractivity contribution is 6.35. The van der Waals surface area contributed by atoms with Gasteiger partial charge >= 0.3 is 0 Å². The highest BCUT2D eigenvalue weighted by atomic mass is 35.5. The van der Waals surface area contributed by atoms with Crippen LogP contribution in [0.25, 0.3) is 0 Å². The first-order chi connectivity index (χ1) is 17.0. The van der Waals surface area contributed by atoms with Gasteiger partial charge in [0.25, 0.3) is 5.91 Å². The number of carbonyl (C=O) groups excluding carboxylic acids is 2. The maximum absolute atomic E-state index is 13.9. The smallest absolute Gasteiger partial charge is 0.254 e. The molecule has 2 fully saturated rings. The molecular formula is C27H31Cl2N3O3. The monoisotopic (exact) mass is 515 g/mol. The van der Waals surface area contributed by atoms with Gasteiger partial charge in [0, 0.05) is 47.8 Å². The number of carbonyl (C=O) groups is 2. The molecule has 0 spiro atoms. The van der Waals surface area contributed by atoms with Gasteiger partial charge in [-0.1, -0.05) is 60.3 Å². The van der Waals surface area contributed by atoms with Crippen LogP contribution in [0, 0.1) is 0 Å². The van der Waals surface area contributed by atoms with Crippen LogP contribution in [0.4, 0.5) is 0 Å². The van der Waals surface area contributed by atoms with Crippen molar-refractivity contribution in [2.75, 3.05) is 39.4 Å². The van der Waals surface area contributed by atoms with Crippen molar-refractivity contribution < 1.29 is 14.3 Å². The Morgan fingerprint density at radius 3 is 2.51 bits per heavy atom. The minimum absolute atomic E-state index is 0.0270. The minimum atomic E-state index is -0.562. The highest BCUT2D eigenvalue weighted by Gasteiger charge is 2.47. The van der Waals surface area contributed by atoms with Gasteiger partial charge in [-0.25, -0.2) is 0 Å². The number of hydrogen-bond acceptors (Lipinski definition) is 4. The van der Waals surface area contributed by atoms with Crippen molar-refractivity contribution >= 4 is 35.0 Å². The quantitative estimate of drug-likeness (QED) is 0.607. The number of fused-ring (bicyclic) bond motifs is 1. The van der Waals surface area contributed by atoms with Gasteiger partial charge in [0.05, 0.1) is 25.2 Å². The lowest BCUT2D eigenvalue weighted by atomic mass is 9.78. The van der Waals surface area contributed by atoms with E-state index in [1.807, 2.05) is 35.2 Å². The van der Waals surface area contributed by atoms with Gasteiger partial charge in [0.1, 0.15) is 0 Å². The Bertz CT molecular complexity index is 1080. The lowest BCUT2D eigenvalue weighted by Gasteiger charge is -2.45. The van der Waals surface area contributed by atoms with E-state index in [1.165, 1.54) is 0 Å². The van der Waals surface area contributed by atoms with Crippen molar-refractivity contribution in [1.82, 2.24) is 15.1 Å². The fourth-order valence-corrected chi connectivity index (χ4v) is 6.28. The van der Waals surface area contributed by atoms with Crippen molar-refractivity contribution in [2.45, 2.75) is 43.7 Å². The summed E-state index contributed by atoms with van der Waals surface area (Å²) in [6.45, 7) is 4.49. The lowest BCUT2D eigenvalue weighted by molar-refractivity contribution is -0.124. The van der Waals surface area contributed by atoms with Crippen LogP contribution in [0.15, 0.2) is 42.5 Å². The number of nitrogens with zero attached hydrogens (tertiary/aromatic N) is 2. The maximum Gasteiger partial charge on any atom is 0.254 e. The zero-order valence-electron chi connectivity index (χ0n) is 19.7. The maximum atomic E-state index is 13.9. The second-order valence-corrected chi connectivity index (χ2v) is 10.4. The zero-order chi connectivity index (χ0) is 24.4. The van der Waals surface area contributed by atoms with Crippen LogP contribution < -0.4 is 5.32 Å². The summed E-state index contributed by atoms with van der Waals surface area (Å²) < 4.78 is 5.43. The lowest BCUT2D eigenvalue weighted by Crippen LogP contribution is -2.51. The summed E-state index contributed by atoms with van der Waals surface area (Å²) in [6, 6.07) is 12.4. The molecule has 2 aliphatic heterocycles. The Hall–Kier alpha value is -2.12. The van der Waals surface area contributed by atoms with Gasteiger partial charge in [0.15, 0.2) is 0 Å². The van der Waals surface area contributed by atoms with Gasteiger partial charge in [-0.05, 0) is 42.2 Å². The van der Waals surface area contributed by atoms with E-state index in [9.17, 15) is 9.59 Å². The number of ether oxygens (including phenoxy) is 1. The molecule has 1 saturated heterocycles. The van der Waals surface area contributed by atoms with E-state index < -0.39 is 12.0 Å². The molecule has 0 bridgehead atoms. The number of amides is 2. The van der Waals surface area contributed by atoms with Crippen LogP contribution in [-0.4, -0.2) is 67.0 Å². The molecule has 0 radical (unpaired) electrons. The van der Waals surface area contributed by atoms with Crippen LogP contribution in [0.3, 0.4) is 0 Å². The number of rotatable bonds is 6. The minimum Gasteiger partial charge on any atom is -0.379 e. The second-order valence-electron chi connectivity index (χ2n) is 9.57. The van der Waals surface area contributed by atoms with Crippen molar-refractivity contribution in [3.63, 3.8) is 0 Å². The molecule has 0 aromatic heterocycles. The first-order valence-corrected chi connectivity index (χ1v) is 13.2. The standard InChI is InChI=1S/C27H31Cl2N3O3/c28-18-9-10-22(23(29)17-18)25-24(26(33)30-11-12-31-13-15-35-16-14-31)20-7-3-4-8-21(20)27(34)32(25)19-5-1-2-6-19/h3-4,7-10,17,19,24-25H,1-2,5-6,11-16H2,(H,30,33)/t24-,25+/m1/s1. The predicted octanol–water partition coefficient (Wildman–Crippen LogP) is 4.67. The van der Waals surface area contributed by atoms with E-state index in [0.29, 0.717) is 22.2 Å². The summed E-state index contributed by atoms with van der Waals surface area (Å²) in [7, 11) is 0. The zero-order valence-corrected chi connectivity index (χ0v) is 21.2. The largest absolute Gasteiger partial charge is 0.379 e. The van der Waals surface area contributed by atoms with Gasteiger partial charge < -0.3 is 15.0 Å². The molecule has 2 aromatic rings. The third-order valence-electron chi connectivity index (χ3n) is 7.49. The van der Waals surface area contributed by atoms with Crippen molar-refractivity contribution in [3.05, 3.63) is 69.2 Å². The van der Waals surface area contributed by atoms with Crippen LogP contribution in [0.5, 0.6) is 0 Å².